The first kappa shape index (κ1) is 13.5. The van der Waals surface area contributed by atoms with Crippen LogP contribution in [0.4, 0.5) is 5.69 Å². The number of carbonyl (C=O) groups excluding carboxylic acids is 2. The Labute approximate surface area is 105 Å². The number of benzene rings is 1. The molecule has 4 nitrogen and oxygen atoms in total. The first-order valence-corrected chi connectivity index (χ1v) is 5.84. The lowest BCUT2D eigenvalue weighted by atomic mass is 10.1. The summed E-state index contributed by atoms with van der Waals surface area (Å²) in [5.41, 5.74) is 7.09. The highest BCUT2D eigenvalue weighted by molar-refractivity contribution is 6.18. The molecule has 0 aliphatic carbocycles. The number of nitrogens with two attached hydrogens (primary N) is 1. The fourth-order valence-corrected chi connectivity index (χ4v) is 1.53. The molecule has 17 heavy (non-hydrogen) atoms. The third kappa shape index (κ3) is 4.07. The van der Waals surface area contributed by atoms with Gasteiger partial charge in [0.25, 0.3) is 0 Å². The van der Waals surface area contributed by atoms with Crippen LogP contribution in [0.25, 0.3) is 0 Å². The van der Waals surface area contributed by atoms with E-state index in [0.29, 0.717) is 30.0 Å². The van der Waals surface area contributed by atoms with Crippen molar-refractivity contribution in [3.63, 3.8) is 0 Å². The van der Waals surface area contributed by atoms with Crippen LogP contribution < -0.4 is 11.1 Å². The number of primary amides is 1. The van der Waals surface area contributed by atoms with E-state index in [-0.39, 0.29) is 5.91 Å². The molecular formula is C12H15ClN2O2. The van der Waals surface area contributed by atoms with Crippen LogP contribution in [-0.4, -0.2) is 17.7 Å². The summed E-state index contributed by atoms with van der Waals surface area (Å²) in [6.07, 6.45) is 1.03. The van der Waals surface area contributed by atoms with Gasteiger partial charge in [-0.1, -0.05) is 0 Å². The van der Waals surface area contributed by atoms with E-state index in [0.717, 1.165) is 5.56 Å². The molecule has 1 aromatic rings. The molecule has 0 saturated carbocycles. The van der Waals surface area contributed by atoms with Crippen molar-refractivity contribution in [1.82, 2.24) is 0 Å². The monoisotopic (exact) mass is 254 g/mol. The Kier molecular flexibility index (Phi) is 4.97. The van der Waals surface area contributed by atoms with Crippen LogP contribution in [-0.2, 0) is 4.79 Å². The number of anilines is 1. The standard InChI is InChI=1S/C12H15ClN2O2/c1-8-7-9(12(14)17)4-5-10(8)15-11(16)3-2-6-13/h4-5,7H,2-3,6H2,1H3,(H2,14,17)(H,15,16). The van der Waals surface area contributed by atoms with Crippen molar-refractivity contribution in [1.29, 1.82) is 0 Å². The molecule has 0 aliphatic heterocycles. The summed E-state index contributed by atoms with van der Waals surface area (Å²) >= 11 is 5.50. The number of aryl methyl sites for hydroxylation is 1. The maximum atomic E-state index is 11.5. The Bertz CT molecular complexity index is 433. The lowest BCUT2D eigenvalue weighted by Crippen LogP contribution is -2.14. The lowest BCUT2D eigenvalue weighted by Gasteiger charge is -2.08. The predicted octanol–water partition coefficient (Wildman–Crippen LogP) is 2.05. The molecule has 0 bridgehead atoms. The second-order valence-corrected chi connectivity index (χ2v) is 4.11. The fourth-order valence-electron chi connectivity index (χ4n) is 1.40. The largest absolute Gasteiger partial charge is 0.366 e. The minimum absolute atomic E-state index is 0.0828. The molecule has 0 spiro atoms. The van der Waals surface area contributed by atoms with Gasteiger partial charge in [0, 0.05) is 23.6 Å². The lowest BCUT2D eigenvalue weighted by molar-refractivity contribution is -0.116. The summed E-state index contributed by atoms with van der Waals surface area (Å²) < 4.78 is 0. The van der Waals surface area contributed by atoms with Crippen LogP contribution in [0.5, 0.6) is 0 Å². The van der Waals surface area contributed by atoms with E-state index in [4.69, 9.17) is 17.3 Å². The van der Waals surface area contributed by atoms with Gasteiger partial charge in [0.1, 0.15) is 0 Å². The molecule has 92 valence electrons. The van der Waals surface area contributed by atoms with Gasteiger partial charge < -0.3 is 11.1 Å². The molecule has 0 atom stereocenters. The van der Waals surface area contributed by atoms with Gasteiger partial charge in [0.15, 0.2) is 0 Å². The number of nitrogens with one attached hydrogen (secondary N) is 1. The van der Waals surface area contributed by atoms with Crippen molar-refractivity contribution in [3.05, 3.63) is 29.3 Å². The number of halogens is 1. The second kappa shape index (κ2) is 6.25. The van der Waals surface area contributed by atoms with E-state index in [1.807, 2.05) is 6.92 Å². The van der Waals surface area contributed by atoms with Crippen molar-refractivity contribution in [3.8, 4) is 0 Å². The van der Waals surface area contributed by atoms with Crippen molar-refractivity contribution < 1.29 is 9.59 Å². The normalized spacial score (nSPS) is 10.0. The third-order valence-corrected chi connectivity index (χ3v) is 2.59. The average Bonchev–Trinajstić information content (AvgIpc) is 2.28. The Hall–Kier alpha value is -1.55. The Morgan fingerprint density at radius 3 is 2.65 bits per heavy atom. The van der Waals surface area contributed by atoms with Crippen LogP contribution in [0.3, 0.4) is 0 Å². The van der Waals surface area contributed by atoms with Gasteiger partial charge in [0.05, 0.1) is 0 Å². The van der Waals surface area contributed by atoms with E-state index in [2.05, 4.69) is 5.32 Å². The fraction of sp³-hybridized carbons (Fsp3) is 0.333. The SMILES string of the molecule is Cc1cc(C(N)=O)ccc1NC(=O)CCCCl. The molecule has 0 heterocycles. The summed E-state index contributed by atoms with van der Waals surface area (Å²) in [5, 5.41) is 2.76. The molecule has 3 N–H and O–H groups in total. The topological polar surface area (TPSA) is 72.2 Å². The van der Waals surface area contributed by atoms with Crippen LogP contribution in [0.1, 0.15) is 28.8 Å². The summed E-state index contributed by atoms with van der Waals surface area (Å²) in [4.78, 5) is 22.4. The number of amides is 2. The van der Waals surface area contributed by atoms with E-state index in [1.165, 1.54) is 0 Å². The molecule has 2 amide bonds. The minimum Gasteiger partial charge on any atom is -0.366 e. The van der Waals surface area contributed by atoms with Gasteiger partial charge in [-0.2, -0.15) is 0 Å². The summed E-state index contributed by atoms with van der Waals surface area (Å²) in [7, 11) is 0. The van der Waals surface area contributed by atoms with Gasteiger partial charge in [-0.05, 0) is 37.1 Å². The smallest absolute Gasteiger partial charge is 0.248 e. The van der Waals surface area contributed by atoms with Crippen molar-refractivity contribution >= 4 is 29.1 Å². The van der Waals surface area contributed by atoms with Crippen LogP contribution in [0.15, 0.2) is 18.2 Å². The molecule has 1 rings (SSSR count). The Morgan fingerprint density at radius 2 is 2.12 bits per heavy atom. The minimum atomic E-state index is -0.479. The van der Waals surface area contributed by atoms with Crippen molar-refractivity contribution in [2.45, 2.75) is 19.8 Å². The van der Waals surface area contributed by atoms with Crippen LogP contribution in [0.2, 0.25) is 0 Å². The summed E-state index contributed by atoms with van der Waals surface area (Å²) in [6, 6.07) is 4.92. The molecule has 0 fully saturated rings. The maximum absolute atomic E-state index is 11.5. The van der Waals surface area contributed by atoms with Crippen LogP contribution >= 0.6 is 11.6 Å². The van der Waals surface area contributed by atoms with E-state index in [9.17, 15) is 9.59 Å². The van der Waals surface area contributed by atoms with Crippen molar-refractivity contribution in [2.75, 3.05) is 11.2 Å². The Balaban J connectivity index is 2.72. The number of carbonyl (C=O) groups is 2. The second-order valence-electron chi connectivity index (χ2n) is 3.73. The number of alkyl halides is 1. The third-order valence-electron chi connectivity index (χ3n) is 2.32. The average molecular weight is 255 g/mol. The highest BCUT2D eigenvalue weighted by Crippen LogP contribution is 2.16. The highest BCUT2D eigenvalue weighted by Gasteiger charge is 2.07. The van der Waals surface area contributed by atoms with E-state index < -0.39 is 5.91 Å². The van der Waals surface area contributed by atoms with Gasteiger partial charge in [-0.15, -0.1) is 11.6 Å². The van der Waals surface area contributed by atoms with Gasteiger partial charge in [0.2, 0.25) is 11.8 Å². The first-order valence-electron chi connectivity index (χ1n) is 5.31. The molecule has 0 aliphatic rings. The zero-order valence-corrected chi connectivity index (χ0v) is 10.4. The molecule has 0 saturated heterocycles. The predicted molar refractivity (Wildman–Crippen MR) is 68.3 cm³/mol. The summed E-state index contributed by atoms with van der Waals surface area (Å²) in [5.74, 6) is -0.0961. The number of hydrogen-bond donors (Lipinski definition) is 2. The number of hydrogen-bond acceptors (Lipinski definition) is 2. The Morgan fingerprint density at radius 1 is 1.41 bits per heavy atom. The number of rotatable bonds is 5. The molecule has 5 heteroatoms. The quantitative estimate of drug-likeness (QED) is 0.790. The van der Waals surface area contributed by atoms with Gasteiger partial charge in [-0.3, -0.25) is 9.59 Å². The van der Waals surface area contributed by atoms with E-state index >= 15 is 0 Å². The van der Waals surface area contributed by atoms with E-state index in [1.54, 1.807) is 18.2 Å². The molecule has 0 radical (unpaired) electrons. The molecular weight excluding hydrogens is 240 g/mol. The van der Waals surface area contributed by atoms with Crippen molar-refractivity contribution in [2.24, 2.45) is 5.73 Å². The zero-order valence-electron chi connectivity index (χ0n) is 9.63. The maximum Gasteiger partial charge on any atom is 0.248 e. The van der Waals surface area contributed by atoms with Gasteiger partial charge >= 0.3 is 0 Å². The summed E-state index contributed by atoms with van der Waals surface area (Å²) in [6.45, 7) is 1.81. The van der Waals surface area contributed by atoms with Gasteiger partial charge in [-0.25, -0.2) is 0 Å². The molecule has 1 aromatic carbocycles. The first-order chi connectivity index (χ1) is 8.04. The zero-order chi connectivity index (χ0) is 12.8. The highest BCUT2D eigenvalue weighted by atomic mass is 35.5. The van der Waals surface area contributed by atoms with Crippen LogP contribution in [0, 0.1) is 6.92 Å². The molecule has 0 aromatic heterocycles. The molecule has 0 unspecified atom stereocenters.